The maximum absolute atomic E-state index is 9.79. The molecular weight excluding hydrogens is 246 g/mol. The van der Waals surface area contributed by atoms with Crippen molar-refractivity contribution in [3.8, 4) is 6.07 Å². The van der Waals surface area contributed by atoms with E-state index in [9.17, 15) is 5.26 Å². The van der Waals surface area contributed by atoms with Crippen LogP contribution in [0.4, 0.5) is 0 Å². The molecule has 1 N–H and O–H groups in total. The molecule has 0 spiro atoms. The van der Waals surface area contributed by atoms with Crippen LogP contribution in [-0.4, -0.2) is 31.1 Å². The highest BCUT2D eigenvalue weighted by Crippen LogP contribution is 2.25. The highest BCUT2D eigenvalue weighted by atomic mass is 15.1. The molecule has 0 aliphatic carbocycles. The normalized spacial score (nSPS) is 14.2. The van der Waals surface area contributed by atoms with E-state index in [2.05, 4.69) is 44.1 Å². The second-order valence-electron chi connectivity index (χ2n) is 5.74. The van der Waals surface area contributed by atoms with Crippen molar-refractivity contribution >= 4 is 0 Å². The van der Waals surface area contributed by atoms with Crippen LogP contribution in [0.25, 0.3) is 0 Å². The van der Waals surface area contributed by atoms with E-state index in [0.717, 1.165) is 31.5 Å². The topological polar surface area (TPSA) is 39.1 Å². The van der Waals surface area contributed by atoms with E-state index in [1.165, 1.54) is 0 Å². The first-order chi connectivity index (χ1) is 9.54. The highest BCUT2D eigenvalue weighted by Gasteiger charge is 2.32. The molecule has 20 heavy (non-hydrogen) atoms. The molecule has 1 unspecified atom stereocenters. The minimum atomic E-state index is -0.600. The Bertz CT molecular complexity index is 422. The van der Waals surface area contributed by atoms with Crippen molar-refractivity contribution in [2.24, 2.45) is 0 Å². The van der Waals surface area contributed by atoms with Gasteiger partial charge >= 0.3 is 0 Å². The number of nitrogens with zero attached hydrogens (tertiary/aromatic N) is 2. The van der Waals surface area contributed by atoms with Gasteiger partial charge in [-0.3, -0.25) is 5.32 Å². The lowest BCUT2D eigenvalue weighted by molar-refractivity contribution is 0.271. The van der Waals surface area contributed by atoms with Crippen molar-refractivity contribution < 1.29 is 0 Å². The number of rotatable bonds is 8. The lowest BCUT2D eigenvalue weighted by Crippen LogP contribution is -2.46. The molecular formula is C17H27N3. The predicted octanol–water partition coefficient (Wildman–Crippen LogP) is 3.14. The van der Waals surface area contributed by atoms with Gasteiger partial charge in [0.2, 0.25) is 0 Å². The first-order valence-corrected chi connectivity index (χ1v) is 7.47. The van der Waals surface area contributed by atoms with Gasteiger partial charge in [-0.15, -0.1) is 0 Å². The molecule has 0 saturated heterocycles. The molecule has 0 saturated carbocycles. The van der Waals surface area contributed by atoms with Gasteiger partial charge < -0.3 is 4.90 Å². The quantitative estimate of drug-likeness (QED) is 0.791. The van der Waals surface area contributed by atoms with E-state index >= 15 is 0 Å². The summed E-state index contributed by atoms with van der Waals surface area (Å²) in [5, 5.41) is 13.3. The van der Waals surface area contributed by atoms with Crippen LogP contribution >= 0.6 is 0 Å². The minimum absolute atomic E-state index is 0.270. The third kappa shape index (κ3) is 4.63. The Labute approximate surface area is 123 Å². The van der Waals surface area contributed by atoms with Gasteiger partial charge in [-0.1, -0.05) is 37.3 Å². The molecule has 1 atom stereocenters. The lowest BCUT2D eigenvalue weighted by Gasteiger charge is -2.32. The van der Waals surface area contributed by atoms with Gasteiger partial charge in [0, 0.05) is 12.6 Å². The molecule has 0 amide bonds. The Morgan fingerprint density at radius 3 is 2.40 bits per heavy atom. The van der Waals surface area contributed by atoms with E-state index in [4.69, 9.17) is 0 Å². The average molecular weight is 273 g/mol. The van der Waals surface area contributed by atoms with Crippen molar-refractivity contribution in [1.29, 1.82) is 5.26 Å². The minimum Gasteiger partial charge on any atom is -0.306 e. The monoisotopic (exact) mass is 273 g/mol. The van der Waals surface area contributed by atoms with Gasteiger partial charge in [0.15, 0.2) is 0 Å². The first kappa shape index (κ1) is 16.7. The van der Waals surface area contributed by atoms with Gasteiger partial charge in [-0.25, -0.2) is 0 Å². The smallest absolute Gasteiger partial charge is 0.133 e. The molecule has 0 aliphatic rings. The summed E-state index contributed by atoms with van der Waals surface area (Å²) in [7, 11) is 2.12. The first-order valence-electron chi connectivity index (χ1n) is 7.47. The fourth-order valence-electron chi connectivity index (χ4n) is 2.52. The molecule has 110 valence electrons. The van der Waals surface area contributed by atoms with Crippen LogP contribution in [0.5, 0.6) is 0 Å². The van der Waals surface area contributed by atoms with Crippen molar-refractivity contribution in [3.63, 3.8) is 0 Å². The maximum Gasteiger partial charge on any atom is 0.133 e. The van der Waals surface area contributed by atoms with Gasteiger partial charge in [0.05, 0.1) is 6.07 Å². The number of nitriles is 1. The lowest BCUT2D eigenvalue weighted by atomic mass is 9.87. The van der Waals surface area contributed by atoms with Gasteiger partial charge in [0.1, 0.15) is 5.54 Å². The fraction of sp³-hybridized carbons (Fsp3) is 0.588. The molecule has 3 heteroatoms. The largest absolute Gasteiger partial charge is 0.306 e. The van der Waals surface area contributed by atoms with Gasteiger partial charge in [-0.05, 0) is 45.8 Å². The Morgan fingerprint density at radius 2 is 1.90 bits per heavy atom. The fourth-order valence-corrected chi connectivity index (χ4v) is 2.52. The summed E-state index contributed by atoms with van der Waals surface area (Å²) in [6, 6.07) is 12.9. The third-order valence-electron chi connectivity index (χ3n) is 3.47. The van der Waals surface area contributed by atoms with Crippen molar-refractivity contribution in [2.75, 3.05) is 20.1 Å². The van der Waals surface area contributed by atoms with Crippen LogP contribution in [0, 0.1) is 11.3 Å². The summed E-state index contributed by atoms with van der Waals surface area (Å²) in [6.45, 7) is 8.33. The van der Waals surface area contributed by atoms with E-state index in [1.54, 1.807) is 0 Å². The summed E-state index contributed by atoms with van der Waals surface area (Å²) in [5.74, 6) is 0. The third-order valence-corrected chi connectivity index (χ3v) is 3.47. The molecule has 1 aromatic rings. The van der Waals surface area contributed by atoms with E-state index < -0.39 is 5.54 Å². The van der Waals surface area contributed by atoms with E-state index in [1.807, 2.05) is 30.3 Å². The summed E-state index contributed by atoms with van der Waals surface area (Å²) in [5.41, 5.74) is 0.457. The van der Waals surface area contributed by atoms with Crippen LogP contribution < -0.4 is 5.32 Å². The molecule has 1 aromatic carbocycles. The molecule has 0 radical (unpaired) electrons. The van der Waals surface area contributed by atoms with Gasteiger partial charge in [0.25, 0.3) is 0 Å². The van der Waals surface area contributed by atoms with Crippen molar-refractivity contribution in [2.45, 2.75) is 45.2 Å². The van der Waals surface area contributed by atoms with Crippen LogP contribution in [0.1, 0.15) is 39.2 Å². The Morgan fingerprint density at radius 1 is 1.25 bits per heavy atom. The summed E-state index contributed by atoms with van der Waals surface area (Å²) >= 11 is 0. The SMILES string of the molecule is CCCN(C)CCC(C#N)(NC(C)C)c1ccccc1. The molecule has 0 aliphatic heterocycles. The standard InChI is InChI=1S/C17H27N3/c1-5-12-20(4)13-11-17(14-18,19-15(2)3)16-9-7-6-8-10-16/h6-10,15,19H,5,11-13H2,1-4H3. The number of hydrogen-bond donors (Lipinski definition) is 1. The summed E-state index contributed by atoms with van der Waals surface area (Å²) < 4.78 is 0. The Kier molecular flexibility index (Phi) is 6.70. The Balaban J connectivity index is 2.92. The van der Waals surface area contributed by atoms with Gasteiger partial charge in [-0.2, -0.15) is 5.26 Å². The Hall–Kier alpha value is -1.37. The van der Waals surface area contributed by atoms with Crippen LogP contribution in [0.15, 0.2) is 30.3 Å². The highest BCUT2D eigenvalue weighted by molar-refractivity contribution is 5.31. The maximum atomic E-state index is 9.79. The summed E-state index contributed by atoms with van der Waals surface area (Å²) in [4.78, 5) is 2.29. The predicted molar refractivity (Wildman–Crippen MR) is 84.4 cm³/mol. The molecule has 0 aromatic heterocycles. The molecule has 0 heterocycles. The zero-order valence-corrected chi connectivity index (χ0v) is 13.2. The van der Waals surface area contributed by atoms with Crippen molar-refractivity contribution in [1.82, 2.24) is 10.2 Å². The van der Waals surface area contributed by atoms with E-state index in [-0.39, 0.29) is 6.04 Å². The molecule has 0 fully saturated rings. The van der Waals surface area contributed by atoms with Crippen LogP contribution in [0.3, 0.4) is 0 Å². The zero-order valence-electron chi connectivity index (χ0n) is 13.2. The average Bonchev–Trinajstić information content (AvgIpc) is 2.44. The van der Waals surface area contributed by atoms with Crippen LogP contribution in [-0.2, 0) is 5.54 Å². The number of benzene rings is 1. The summed E-state index contributed by atoms with van der Waals surface area (Å²) in [6.07, 6.45) is 1.93. The van der Waals surface area contributed by atoms with E-state index in [0.29, 0.717) is 0 Å². The number of nitrogens with one attached hydrogen (secondary N) is 1. The van der Waals surface area contributed by atoms with Crippen LogP contribution in [0.2, 0.25) is 0 Å². The molecule has 3 nitrogen and oxygen atoms in total. The van der Waals surface area contributed by atoms with Crippen molar-refractivity contribution in [3.05, 3.63) is 35.9 Å². The zero-order chi connectivity index (χ0) is 15.0. The number of hydrogen-bond acceptors (Lipinski definition) is 3. The second-order valence-corrected chi connectivity index (χ2v) is 5.74. The second kappa shape index (κ2) is 8.04. The molecule has 1 rings (SSSR count). The molecule has 0 bridgehead atoms.